The Morgan fingerprint density at radius 1 is 0.366 bits per heavy atom. The first kappa shape index (κ1) is 28.4. The lowest BCUT2D eigenvalue weighted by Gasteiger charge is -2.21. The second-order valence-electron chi connectivity index (χ2n) is 10.2. The normalized spacial score (nSPS) is 11.7. The molecule has 0 aliphatic rings. The third-order valence-electron chi connectivity index (χ3n) is 8.06. The summed E-state index contributed by atoms with van der Waals surface area (Å²) in [5.74, 6) is 3.76. The van der Waals surface area contributed by atoms with Gasteiger partial charge in [-0.15, -0.1) is 46.4 Å². The van der Waals surface area contributed by atoms with Gasteiger partial charge in [0.25, 0.3) is 0 Å². The Kier molecular flexibility index (Phi) is 8.79. The van der Waals surface area contributed by atoms with E-state index >= 15 is 0 Å². The first-order valence-electron chi connectivity index (χ1n) is 14.0. The number of halogens is 4. The second kappa shape index (κ2) is 12.7. The molecule has 0 aliphatic carbocycles. The van der Waals surface area contributed by atoms with Gasteiger partial charge in [0.2, 0.25) is 0 Å². The van der Waals surface area contributed by atoms with Crippen LogP contribution < -0.4 is 4.74 Å². The Morgan fingerprint density at radius 3 is 1.05 bits per heavy atom. The van der Waals surface area contributed by atoms with Gasteiger partial charge in [0.1, 0.15) is 11.5 Å². The molecule has 0 heterocycles. The number of fused-ring (bicyclic) bond motifs is 4. The molecular weight excluding hydrogens is 590 g/mol. The summed E-state index contributed by atoms with van der Waals surface area (Å²) in [6, 6.07) is 29.8. The number of hydrogen-bond donors (Lipinski definition) is 0. The van der Waals surface area contributed by atoms with Crippen LogP contribution in [0.4, 0.5) is 0 Å². The van der Waals surface area contributed by atoms with Gasteiger partial charge >= 0.3 is 0 Å². The van der Waals surface area contributed by atoms with Crippen molar-refractivity contribution >= 4 is 89.5 Å². The predicted octanol–water partition coefficient (Wildman–Crippen LogP) is 11.2. The largest absolute Gasteiger partial charge is 0.456 e. The zero-order valence-corrected chi connectivity index (χ0v) is 25.7. The zero-order chi connectivity index (χ0) is 28.3. The monoisotopic (exact) mass is 618 g/mol. The van der Waals surface area contributed by atoms with Crippen LogP contribution >= 0.6 is 46.4 Å². The van der Waals surface area contributed by atoms with Crippen molar-refractivity contribution in [2.75, 3.05) is 23.5 Å². The molecule has 0 bridgehead atoms. The summed E-state index contributed by atoms with van der Waals surface area (Å²) in [6.45, 7) is 0. The van der Waals surface area contributed by atoms with E-state index in [9.17, 15) is 0 Å². The van der Waals surface area contributed by atoms with Crippen molar-refractivity contribution in [1.29, 1.82) is 0 Å². The van der Waals surface area contributed by atoms with Gasteiger partial charge in [-0.1, -0.05) is 72.8 Å². The van der Waals surface area contributed by atoms with Gasteiger partial charge in [-0.05, 0) is 92.4 Å². The summed E-state index contributed by atoms with van der Waals surface area (Å²) >= 11 is 25.5. The highest BCUT2D eigenvalue weighted by Crippen LogP contribution is 2.44. The van der Waals surface area contributed by atoms with Crippen LogP contribution in [0.2, 0.25) is 0 Å². The van der Waals surface area contributed by atoms with Crippen LogP contribution in [0.5, 0.6) is 11.5 Å². The molecule has 208 valence electrons. The summed E-state index contributed by atoms with van der Waals surface area (Å²) < 4.78 is 6.99. The Balaban J connectivity index is 1.67. The van der Waals surface area contributed by atoms with Crippen molar-refractivity contribution < 1.29 is 4.74 Å². The van der Waals surface area contributed by atoms with Crippen molar-refractivity contribution in [3.8, 4) is 11.5 Å². The fourth-order valence-corrected chi connectivity index (χ4v) is 7.25. The molecule has 0 N–H and O–H groups in total. The van der Waals surface area contributed by atoms with Crippen LogP contribution in [-0.4, -0.2) is 23.5 Å². The van der Waals surface area contributed by atoms with Crippen molar-refractivity contribution in [1.82, 2.24) is 0 Å². The molecule has 6 rings (SSSR count). The van der Waals surface area contributed by atoms with Crippen molar-refractivity contribution in [2.45, 2.75) is 25.7 Å². The average molecular weight is 620 g/mol. The van der Waals surface area contributed by atoms with Gasteiger partial charge in [-0.2, -0.15) is 0 Å². The molecule has 0 atom stereocenters. The maximum Gasteiger partial charge on any atom is 0.135 e. The van der Waals surface area contributed by atoms with Crippen LogP contribution in [0.15, 0.2) is 84.9 Å². The fraction of sp³-hybridized carbons (Fsp3) is 0.222. The number of hydrogen-bond acceptors (Lipinski definition) is 1. The Morgan fingerprint density at radius 2 is 0.683 bits per heavy atom. The molecule has 41 heavy (non-hydrogen) atoms. The van der Waals surface area contributed by atoms with Crippen LogP contribution in [0.3, 0.4) is 0 Å². The van der Waals surface area contributed by atoms with Gasteiger partial charge in [0.05, 0.1) is 0 Å². The molecule has 0 saturated heterocycles. The minimum atomic E-state index is 0.518. The lowest BCUT2D eigenvalue weighted by molar-refractivity contribution is 0.493. The average Bonchev–Trinajstić information content (AvgIpc) is 3.00. The first-order chi connectivity index (χ1) is 20.2. The molecular formula is C36H30Cl4O. The van der Waals surface area contributed by atoms with Crippen molar-refractivity contribution in [3.05, 3.63) is 107 Å². The van der Waals surface area contributed by atoms with E-state index in [4.69, 9.17) is 51.1 Å². The molecule has 0 amide bonds. The Hall–Kier alpha value is -2.68. The molecule has 6 aromatic carbocycles. The SMILES string of the molecule is ClCCc1c2ccccc2c(CCCl)c2c(Oc3cccc4c(CCCl)c5ccccc5c(CCCl)c34)cccc12. The molecule has 0 radical (unpaired) electrons. The zero-order valence-electron chi connectivity index (χ0n) is 22.7. The topological polar surface area (TPSA) is 9.23 Å². The predicted molar refractivity (Wildman–Crippen MR) is 181 cm³/mol. The van der Waals surface area contributed by atoms with E-state index < -0.39 is 0 Å². The van der Waals surface area contributed by atoms with E-state index in [0.717, 1.165) is 58.7 Å². The molecule has 0 aromatic heterocycles. The fourth-order valence-electron chi connectivity index (χ4n) is 6.49. The lowest BCUT2D eigenvalue weighted by atomic mass is 9.88. The van der Waals surface area contributed by atoms with E-state index in [1.807, 2.05) is 0 Å². The van der Waals surface area contributed by atoms with E-state index in [2.05, 4.69) is 84.9 Å². The highest BCUT2D eigenvalue weighted by Gasteiger charge is 2.20. The molecule has 0 unspecified atom stereocenters. The van der Waals surface area contributed by atoms with Gasteiger partial charge in [-0.3, -0.25) is 0 Å². The van der Waals surface area contributed by atoms with Crippen LogP contribution in [-0.2, 0) is 25.7 Å². The van der Waals surface area contributed by atoms with Crippen LogP contribution in [0, 0.1) is 0 Å². The second-order valence-corrected chi connectivity index (χ2v) is 11.7. The lowest BCUT2D eigenvalue weighted by Crippen LogP contribution is -2.01. The summed E-state index contributed by atoms with van der Waals surface area (Å²) in [4.78, 5) is 0. The molecule has 0 saturated carbocycles. The number of benzene rings is 6. The quantitative estimate of drug-likeness (QED) is 0.109. The minimum absolute atomic E-state index is 0.518. The van der Waals surface area contributed by atoms with Crippen LogP contribution in [0.25, 0.3) is 43.1 Å². The van der Waals surface area contributed by atoms with Gasteiger partial charge in [0, 0.05) is 34.3 Å². The molecule has 5 heteroatoms. The number of rotatable bonds is 10. The smallest absolute Gasteiger partial charge is 0.135 e. The van der Waals surface area contributed by atoms with Gasteiger partial charge in [-0.25, -0.2) is 0 Å². The maximum atomic E-state index is 6.99. The van der Waals surface area contributed by atoms with E-state index in [1.165, 1.54) is 43.8 Å². The number of aryl methyl sites for hydroxylation is 4. The third kappa shape index (κ3) is 5.12. The minimum Gasteiger partial charge on any atom is -0.456 e. The number of ether oxygens (including phenoxy) is 1. The maximum absolute atomic E-state index is 6.99. The van der Waals surface area contributed by atoms with Gasteiger partial charge in [0.15, 0.2) is 0 Å². The molecule has 0 aliphatic heterocycles. The molecule has 6 aromatic rings. The molecule has 0 fully saturated rings. The van der Waals surface area contributed by atoms with E-state index in [-0.39, 0.29) is 0 Å². The summed E-state index contributed by atoms with van der Waals surface area (Å²) in [7, 11) is 0. The number of alkyl halides is 4. The highest BCUT2D eigenvalue weighted by molar-refractivity contribution is 6.20. The highest BCUT2D eigenvalue weighted by atomic mass is 35.5. The van der Waals surface area contributed by atoms with E-state index in [1.54, 1.807) is 0 Å². The third-order valence-corrected chi connectivity index (χ3v) is 8.81. The Labute approximate surface area is 260 Å². The summed E-state index contributed by atoms with van der Waals surface area (Å²) in [6.07, 6.45) is 3.01. The standard InChI is InChI=1S/C36H30Cl4O/c37-19-15-27-23-7-1-3-9-25(23)31(17-21-39)35-29(27)11-5-13-33(35)41-34-14-6-12-30-28(16-20-38)24-8-2-4-10-26(24)32(18-22-40)36(30)34/h1-14H,15-22H2. The van der Waals surface area contributed by atoms with Crippen LogP contribution in [0.1, 0.15) is 22.3 Å². The molecule has 0 spiro atoms. The molecule has 1 nitrogen and oxygen atoms in total. The summed E-state index contributed by atoms with van der Waals surface area (Å²) in [5, 5.41) is 9.39. The van der Waals surface area contributed by atoms with Gasteiger partial charge < -0.3 is 4.74 Å². The van der Waals surface area contributed by atoms with Crippen molar-refractivity contribution in [3.63, 3.8) is 0 Å². The Bertz CT molecular complexity index is 1740. The summed E-state index contributed by atoms with van der Waals surface area (Å²) in [5.41, 5.74) is 4.89. The van der Waals surface area contributed by atoms with E-state index in [0.29, 0.717) is 23.5 Å². The van der Waals surface area contributed by atoms with Crippen molar-refractivity contribution in [2.24, 2.45) is 0 Å². The first-order valence-corrected chi connectivity index (χ1v) is 16.2.